The zero-order valence-corrected chi connectivity index (χ0v) is 7.51. The first kappa shape index (κ1) is 11.0. The van der Waals surface area contributed by atoms with Crippen molar-refractivity contribution >= 4 is 0 Å². The molecule has 0 saturated carbocycles. The lowest BCUT2D eigenvalue weighted by Gasteiger charge is -2.10. The average molecular weight is 205 g/mol. The van der Waals surface area contributed by atoms with E-state index in [1.54, 1.807) is 6.92 Å². The normalized spacial score (nSPS) is 14.1. The SMILES string of the molecule is C[C@H](ON)c1ccc(C(F)(F)F)cc1. The molecule has 1 aromatic carbocycles. The molecule has 0 fully saturated rings. The number of hydrogen-bond donors (Lipinski definition) is 1. The Bertz CT molecular complexity index is 294. The summed E-state index contributed by atoms with van der Waals surface area (Å²) in [6, 6.07) is 4.70. The molecule has 0 heterocycles. The summed E-state index contributed by atoms with van der Waals surface area (Å²) in [6.45, 7) is 1.66. The Hall–Kier alpha value is -1.07. The second-order valence-corrected chi connectivity index (χ2v) is 2.90. The number of benzene rings is 1. The first-order valence-corrected chi connectivity index (χ1v) is 3.98. The van der Waals surface area contributed by atoms with Crippen LogP contribution in [0.15, 0.2) is 24.3 Å². The molecule has 0 spiro atoms. The van der Waals surface area contributed by atoms with E-state index in [-0.39, 0.29) is 0 Å². The van der Waals surface area contributed by atoms with Gasteiger partial charge in [-0.3, -0.25) is 4.84 Å². The van der Waals surface area contributed by atoms with Crippen LogP contribution in [0.4, 0.5) is 13.2 Å². The van der Waals surface area contributed by atoms with Gasteiger partial charge in [0.25, 0.3) is 0 Å². The van der Waals surface area contributed by atoms with Crippen LogP contribution in [0.5, 0.6) is 0 Å². The Morgan fingerprint density at radius 3 is 2.07 bits per heavy atom. The van der Waals surface area contributed by atoms with Gasteiger partial charge in [0.1, 0.15) is 6.10 Å². The van der Waals surface area contributed by atoms with Crippen molar-refractivity contribution in [3.63, 3.8) is 0 Å². The standard InChI is InChI=1S/C9H10F3NO/c1-6(14-13)7-2-4-8(5-3-7)9(10,11)12/h2-6H,13H2,1H3/t6-/m0/s1. The van der Waals surface area contributed by atoms with Gasteiger partial charge in [0.05, 0.1) is 5.56 Å². The Morgan fingerprint density at radius 1 is 1.21 bits per heavy atom. The average Bonchev–Trinajstić information content (AvgIpc) is 2.15. The molecular formula is C9H10F3NO. The lowest BCUT2D eigenvalue weighted by atomic mass is 10.1. The molecule has 0 amide bonds. The summed E-state index contributed by atoms with van der Waals surface area (Å²) in [5, 5.41) is 0. The zero-order chi connectivity index (χ0) is 10.8. The van der Waals surface area contributed by atoms with Crippen LogP contribution in [0.25, 0.3) is 0 Å². The molecule has 2 N–H and O–H groups in total. The van der Waals surface area contributed by atoms with E-state index in [9.17, 15) is 13.2 Å². The van der Waals surface area contributed by atoms with Crippen LogP contribution in [0.2, 0.25) is 0 Å². The lowest BCUT2D eigenvalue weighted by Crippen LogP contribution is -2.07. The van der Waals surface area contributed by atoms with Crippen LogP contribution in [-0.2, 0) is 11.0 Å². The maximum Gasteiger partial charge on any atom is 0.416 e. The van der Waals surface area contributed by atoms with E-state index in [2.05, 4.69) is 4.84 Å². The Morgan fingerprint density at radius 2 is 1.71 bits per heavy atom. The number of hydrogen-bond acceptors (Lipinski definition) is 2. The third-order valence-corrected chi connectivity index (χ3v) is 1.91. The van der Waals surface area contributed by atoms with Crippen molar-refractivity contribution in [1.29, 1.82) is 0 Å². The highest BCUT2D eigenvalue weighted by Crippen LogP contribution is 2.30. The lowest BCUT2D eigenvalue weighted by molar-refractivity contribution is -0.137. The van der Waals surface area contributed by atoms with Crippen molar-refractivity contribution in [3.05, 3.63) is 35.4 Å². The van der Waals surface area contributed by atoms with Crippen LogP contribution in [0.3, 0.4) is 0 Å². The number of rotatable bonds is 2. The monoisotopic (exact) mass is 205 g/mol. The minimum Gasteiger partial charge on any atom is -0.297 e. The smallest absolute Gasteiger partial charge is 0.297 e. The molecule has 0 radical (unpaired) electrons. The summed E-state index contributed by atoms with van der Waals surface area (Å²) >= 11 is 0. The topological polar surface area (TPSA) is 35.2 Å². The van der Waals surface area contributed by atoms with Crippen LogP contribution >= 0.6 is 0 Å². The number of alkyl halides is 3. The van der Waals surface area contributed by atoms with Gasteiger partial charge < -0.3 is 0 Å². The molecule has 2 nitrogen and oxygen atoms in total. The molecule has 1 aromatic rings. The molecule has 0 unspecified atom stereocenters. The molecule has 0 aromatic heterocycles. The molecule has 78 valence electrons. The summed E-state index contributed by atoms with van der Waals surface area (Å²) in [4.78, 5) is 4.48. The third-order valence-electron chi connectivity index (χ3n) is 1.91. The van der Waals surface area contributed by atoms with Crippen molar-refractivity contribution in [2.24, 2.45) is 5.90 Å². The van der Waals surface area contributed by atoms with Crippen molar-refractivity contribution in [1.82, 2.24) is 0 Å². The molecule has 14 heavy (non-hydrogen) atoms. The van der Waals surface area contributed by atoms with E-state index >= 15 is 0 Å². The summed E-state index contributed by atoms with van der Waals surface area (Å²) in [7, 11) is 0. The maximum atomic E-state index is 12.1. The van der Waals surface area contributed by atoms with E-state index in [4.69, 9.17) is 5.90 Å². The fraction of sp³-hybridized carbons (Fsp3) is 0.333. The molecule has 0 aliphatic heterocycles. The molecule has 0 bridgehead atoms. The molecule has 0 saturated heterocycles. The fourth-order valence-corrected chi connectivity index (χ4v) is 1.02. The van der Waals surface area contributed by atoms with Gasteiger partial charge in [-0.2, -0.15) is 13.2 Å². The van der Waals surface area contributed by atoms with Gasteiger partial charge in [0.15, 0.2) is 0 Å². The summed E-state index contributed by atoms with van der Waals surface area (Å²) in [5.41, 5.74) is -0.0639. The first-order chi connectivity index (χ1) is 6.45. The Kier molecular flexibility index (Phi) is 3.13. The van der Waals surface area contributed by atoms with Crippen LogP contribution in [0.1, 0.15) is 24.2 Å². The van der Waals surface area contributed by atoms with Crippen molar-refractivity contribution < 1.29 is 18.0 Å². The molecular weight excluding hydrogens is 195 g/mol. The highest BCUT2D eigenvalue weighted by Gasteiger charge is 2.30. The highest BCUT2D eigenvalue weighted by molar-refractivity contribution is 5.25. The number of halogens is 3. The van der Waals surface area contributed by atoms with Gasteiger partial charge in [-0.25, -0.2) is 5.90 Å². The number of nitrogens with two attached hydrogens (primary N) is 1. The van der Waals surface area contributed by atoms with Gasteiger partial charge in [-0.05, 0) is 24.6 Å². The molecule has 1 rings (SSSR count). The van der Waals surface area contributed by atoms with Crippen molar-refractivity contribution in [2.75, 3.05) is 0 Å². The van der Waals surface area contributed by atoms with Gasteiger partial charge >= 0.3 is 6.18 Å². The predicted molar refractivity (Wildman–Crippen MR) is 45.1 cm³/mol. The zero-order valence-electron chi connectivity index (χ0n) is 7.51. The van der Waals surface area contributed by atoms with Crippen molar-refractivity contribution in [2.45, 2.75) is 19.2 Å². The fourth-order valence-electron chi connectivity index (χ4n) is 1.02. The Labute approximate surface area is 79.4 Å². The summed E-state index contributed by atoms with van der Waals surface area (Å²) in [6.07, 6.45) is -4.71. The van der Waals surface area contributed by atoms with Crippen molar-refractivity contribution in [3.8, 4) is 0 Å². The second kappa shape index (κ2) is 3.98. The predicted octanol–water partition coefficient (Wildman–Crippen LogP) is 2.66. The van der Waals surface area contributed by atoms with E-state index in [0.29, 0.717) is 5.56 Å². The molecule has 0 aliphatic rings. The van der Waals surface area contributed by atoms with Gasteiger partial charge in [0.2, 0.25) is 0 Å². The molecule has 5 heteroatoms. The summed E-state index contributed by atoms with van der Waals surface area (Å²) < 4.78 is 36.4. The van der Waals surface area contributed by atoms with Crippen LogP contribution < -0.4 is 5.90 Å². The Balaban J connectivity index is 2.89. The largest absolute Gasteiger partial charge is 0.416 e. The highest BCUT2D eigenvalue weighted by atomic mass is 19.4. The maximum absolute atomic E-state index is 12.1. The quantitative estimate of drug-likeness (QED) is 0.753. The second-order valence-electron chi connectivity index (χ2n) is 2.90. The minimum absolute atomic E-state index is 0.405. The van der Waals surface area contributed by atoms with E-state index in [1.165, 1.54) is 12.1 Å². The van der Waals surface area contributed by atoms with Crippen LogP contribution in [-0.4, -0.2) is 0 Å². The van der Waals surface area contributed by atoms with Crippen LogP contribution in [0, 0.1) is 0 Å². The van der Waals surface area contributed by atoms with E-state index in [0.717, 1.165) is 12.1 Å². The minimum atomic E-state index is -4.30. The van der Waals surface area contributed by atoms with Gasteiger partial charge in [0, 0.05) is 0 Å². The first-order valence-electron chi connectivity index (χ1n) is 3.98. The van der Waals surface area contributed by atoms with Gasteiger partial charge in [-0.15, -0.1) is 0 Å². The summed E-state index contributed by atoms with van der Waals surface area (Å²) in [5.74, 6) is 4.91. The van der Waals surface area contributed by atoms with Gasteiger partial charge in [-0.1, -0.05) is 12.1 Å². The van der Waals surface area contributed by atoms with E-state index < -0.39 is 17.8 Å². The molecule has 1 atom stereocenters. The molecule has 0 aliphatic carbocycles. The third kappa shape index (κ3) is 2.46. The van der Waals surface area contributed by atoms with E-state index in [1.807, 2.05) is 0 Å².